The van der Waals surface area contributed by atoms with Crippen LogP contribution in [0, 0.1) is 5.41 Å². The van der Waals surface area contributed by atoms with Gasteiger partial charge in [0.1, 0.15) is 11.6 Å². The van der Waals surface area contributed by atoms with Crippen molar-refractivity contribution in [3.05, 3.63) is 54.2 Å². The van der Waals surface area contributed by atoms with Crippen LogP contribution in [0.3, 0.4) is 0 Å². The van der Waals surface area contributed by atoms with Gasteiger partial charge in [-0.25, -0.2) is 4.98 Å². The molecular weight excluding hydrogens is 478 g/mol. The van der Waals surface area contributed by atoms with Crippen LogP contribution < -0.4 is 20.3 Å². The van der Waals surface area contributed by atoms with Gasteiger partial charge in [0.25, 0.3) is 0 Å². The number of hydrogen-bond acceptors (Lipinski definition) is 9. The summed E-state index contributed by atoms with van der Waals surface area (Å²) in [6.45, 7) is 8.56. The fourth-order valence-electron chi connectivity index (χ4n) is 5.27. The molecule has 2 fully saturated rings. The molecule has 2 aliphatic rings. The molecule has 9 nitrogen and oxygen atoms in total. The van der Waals surface area contributed by atoms with Crippen molar-refractivity contribution in [2.45, 2.75) is 45.6 Å². The standard InChI is InChI=1S/C29H37N7O2/c1-21(2)38-26-6-4-5-25(32-26)33-27-22(20-37)19-30-28(34-27)31-23-7-9-24(10-8-23)36-17-13-29(14-18-36)11-15-35(3)16-12-29/h4-10,19-21H,11-18H2,1-3H3,(H2,30,31,32,33,34). The molecule has 38 heavy (non-hydrogen) atoms. The molecule has 0 amide bonds. The summed E-state index contributed by atoms with van der Waals surface area (Å²) in [6, 6.07) is 13.8. The molecule has 0 radical (unpaired) electrons. The van der Waals surface area contributed by atoms with E-state index in [1.54, 1.807) is 12.1 Å². The van der Waals surface area contributed by atoms with E-state index in [0.717, 1.165) is 25.1 Å². The molecule has 2 saturated heterocycles. The number of nitrogens with zero attached hydrogens (tertiary/aromatic N) is 5. The average molecular weight is 516 g/mol. The van der Waals surface area contributed by atoms with E-state index in [9.17, 15) is 4.79 Å². The molecule has 4 heterocycles. The second-order valence-electron chi connectivity index (χ2n) is 10.7. The normalized spacial score (nSPS) is 17.4. The predicted molar refractivity (Wildman–Crippen MR) is 151 cm³/mol. The highest BCUT2D eigenvalue weighted by Gasteiger charge is 2.36. The Bertz CT molecular complexity index is 1230. The molecule has 2 N–H and O–H groups in total. The third kappa shape index (κ3) is 6.22. The molecule has 3 aromatic rings. The molecule has 9 heteroatoms. The lowest BCUT2D eigenvalue weighted by Crippen LogP contribution is -2.46. The number of carbonyl (C=O) groups excluding carboxylic acids is 1. The Kier molecular flexibility index (Phi) is 7.74. The lowest BCUT2D eigenvalue weighted by atomic mass is 9.71. The number of anilines is 5. The van der Waals surface area contributed by atoms with Crippen LogP contribution >= 0.6 is 0 Å². The van der Waals surface area contributed by atoms with E-state index in [0.29, 0.717) is 34.4 Å². The number of rotatable bonds is 8. The third-order valence-electron chi connectivity index (χ3n) is 7.63. The van der Waals surface area contributed by atoms with E-state index in [1.165, 1.54) is 50.7 Å². The molecule has 0 atom stereocenters. The molecule has 0 unspecified atom stereocenters. The summed E-state index contributed by atoms with van der Waals surface area (Å²) >= 11 is 0. The summed E-state index contributed by atoms with van der Waals surface area (Å²) < 4.78 is 5.67. The zero-order valence-corrected chi connectivity index (χ0v) is 22.5. The number of aromatic nitrogens is 3. The van der Waals surface area contributed by atoms with Gasteiger partial charge in [-0.15, -0.1) is 0 Å². The van der Waals surface area contributed by atoms with E-state index in [2.05, 4.69) is 54.6 Å². The van der Waals surface area contributed by atoms with Crippen molar-refractivity contribution in [1.82, 2.24) is 19.9 Å². The Balaban J connectivity index is 1.22. The van der Waals surface area contributed by atoms with Crippen LogP contribution in [-0.2, 0) is 0 Å². The SMILES string of the molecule is CC(C)Oc1cccc(Nc2nc(Nc3ccc(N4CCC5(CCN(C)CC5)CC4)cc3)ncc2C=O)n1. The number of nitrogens with one attached hydrogen (secondary N) is 2. The van der Waals surface area contributed by atoms with Crippen LogP contribution in [0.1, 0.15) is 49.9 Å². The first-order chi connectivity index (χ1) is 18.4. The Labute approximate surface area is 224 Å². The van der Waals surface area contributed by atoms with Crippen molar-refractivity contribution >= 4 is 35.2 Å². The second kappa shape index (κ2) is 11.3. The number of piperidine rings is 2. The zero-order valence-electron chi connectivity index (χ0n) is 22.5. The van der Waals surface area contributed by atoms with Crippen molar-refractivity contribution in [3.8, 4) is 5.88 Å². The monoisotopic (exact) mass is 515 g/mol. The third-order valence-corrected chi connectivity index (χ3v) is 7.63. The molecule has 1 aromatic carbocycles. The Morgan fingerprint density at radius 3 is 2.34 bits per heavy atom. The topological polar surface area (TPSA) is 95.5 Å². The smallest absolute Gasteiger partial charge is 0.229 e. The maximum Gasteiger partial charge on any atom is 0.229 e. The van der Waals surface area contributed by atoms with E-state index in [4.69, 9.17) is 4.74 Å². The molecule has 200 valence electrons. The minimum Gasteiger partial charge on any atom is -0.475 e. The van der Waals surface area contributed by atoms with Gasteiger partial charge >= 0.3 is 0 Å². The van der Waals surface area contributed by atoms with Gasteiger partial charge in [-0.1, -0.05) is 6.07 Å². The maximum atomic E-state index is 11.6. The van der Waals surface area contributed by atoms with Gasteiger partial charge in [0.2, 0.25) is 11.8 Å². The van der Waals surface area contributed by atoms with Crippen LogP contribution in [0.5, 0.6) is 5.88 Å². The summed E-state index contributed by atoms with van der Waals surface area (Å²) in [4.78, 5) is 29.9. The van der Waals surface area contributed by atoms with Gasteiger partial charge in [0.05, 0.1) is 11.7 Å². The highest BCUT2D eigenvalue weighted by molar-refractivity contribution is 5.84. The maximum absolute atomic E-state index is 11.6. The zero-order chi connectivity index (χ0) is 26.5. The lowest BCUT2D eigenvalue weighted by molar-refractivity contribution is 0.0945. The molecule has 2 aromatic heterocycles. The first-order valence-electron chi connectivity index (χ1n) is 13.4. The number of aldehydes is 1. The molecule has 1 spiro atoms. The molecule has 2 aliphatic heterocycles. The quantitative estimate of drug-likeness (QED) is 0.389. The van der Waals surface area contributed by atoms with Gasteiger partial charge in [-0.2, -0.15) is 9.97 Å². The molecule has 5 rings (SSSR count). The fourth-order valence-corrected chi connectivity index (χ4v) is 5.27. The predicted octanol–water partition coefficient (Wildman–Crippen LogP) is 5.27. The first-order valence-corrected chi connectivity index (χ1v) is 13.4. The van der Waals surface area contributed by atoms with Crippen LogP contribution in [0.4, 0.5) is 29.0 Å². The Morgan fingerprint density at radius 1 is 0.947 bits per heavy atom. The van der Waals surface area contributed by atoms with Gasteiger partial charge in [-0.05, 0) is 95.4 Å². The summed E-state index contributed by atoms with van der Waals surface area (Å²) in [5.41, 5.74) is 3.01. The largest absolute Gasteiger partial charge is 0.475 e. The van der Waals surface area contributed by atoms with Crippen LogP contribution in [-0.4, -0.2) is 65.5 Å². The van der Waals surface area contributed by atoms with Crippen molar-refractivity contribution < 1.29 is 9.53 Å². The second-order valence-corrected chi connectivity index (χ2v) is 10.7. The molecule has 0 aliphatic carbocycles. The van der Waals surface area contributed by atoms with Crippen molar-refractivity contribution in [3.63, 3.8) is 0 Å². The number of carbonyl (C=O) groups is 1. The Morgan fingerprint density at radius 2 is 1.66 bits per heavy atom. The van der Waals surface area contributed by atoms with Crippen LogP contribution in [0.2, 0.25) is 0 Å². The number of likely N-dealkylation sites (tertiary alicyclic amines) is 1. The van der Waals surface area contributed by atoms with E-state index in [-0.39, 0.29) is 6.10 Å². The van der Waals surface area contributed by atoms with Crippen molar-refractivity contribution in [2.75, 3.05) is 48.8 Å². The van der Waals surface area contributed by atoms with Gasteiger partial charge in [-0.3, -0.25) is 4.79 Å². The highest BCUT2D eigenvalue weighted by Crippen LogP contribution is 2.42. The van der Waals surface area contributed by atoms with E-state index in [1.807, 2.05) is 32.0 Å². The van der Waals surface area contributed by atoms with Crippen molar-refractivity contribution in [2.24, 2.45) is 5.41 Å². The van der Waals surface area contributed by atoms with E-state index < -0.39 is 0 Å². The summed E-state index contributed by atoms with van der Waals surface area (Å²) in [7, 11) is 2.23. The fraction of sp³-hybridized carbons (Fsp3) is 0.448. The van der Waals surface area contributed by atoms with E-state index >= 15 is 0 Å². The summed E-state index contributed by atoms with van der Waals surface area (Å²) in [5.74, 6) is 1.80. The average Bonchev–Trinajstić information content (AvgIpc) is 2.92. The summed E-state index contributed by atoms with van der Waals surface area (Å²) in [6.07, 6.45) is 7.43. The summed E-state index contributed by atoms with van der Waals surface area (Å²) in [5, 5.41) is 6.37. The minimum atomic E-state index is 0.00950. The lowest BCUT2D eigenvalue weighted by Gasteiger charge is -2.46. The van der Waals surface area contributed by atoms with Gasteiger partial charge in [0.15, 0.2) is 6.29 Å². The number of ether oxygens (including phenoxy) is 1. The molecule has 0 bridgehead atoms. The molecule has 0 saturated carbocycles. The first kappa shape index (κ1) is 25.9. The van der Waals surface area contributed by atoms with Gasteiger partial charge < -0.3 is 25.2 Å². The van der Waals surface area contributed by atoms with Crippen LogP contribution in [0.25, 0.3) is 0 Å². The number of benzene rings is 1. The van der Waals surface area contributed by atoms with Crippen molar-refractivity contribution in [1.29, 1.82) is 0 Å². The van der Waals surface area contributed by atoms with Gasteiger partial charge in [0, 0.05) is 36.7 Å². The highest BCUT2D eigenvalue weighted by atomic mass is 16.5. The number of hydrogen-bond donors (Lipinski definition) is 2. The number of pyridine rings is 1. The Hall–Kier alpha value is -3.72. The molecular formula is C29H37N7O2. The minimum absolute atomic E-state index is 0.00950. The van der Waals surface area contributed by atoms with Crippen LogP contribution in [0.15, 0.2) is 48.7 Å².